The Morgan fingerprint density at radius 1 is 1.50 bits per heavy atom. The number of carboxylic acid groups (broad SMARTS) is 1. The number of rotatable bonds is 1. The minimum Gasteiger partial charge on any atom is -0.481 e. The van der Waals surface area contributed by atoms with Gasteiger partial charge >= 0.3 is 5.97 Å². The standard InChI is InChI=1S/C9H15NO2/c11-8(12)9-4-2-1-3-7(9)5-10-6-9/h7,10H,1-6H2,(H,11,12)/t7-,9-/m1/s1. The van der Waals surface area contributed by atoms with Crippen molar-refractivity contribution in [1.29, 1.82) is 0 Å². The third-order valence-electron chi connectivity index (χ3n) is 3.46. The zero-order valence-electron chi connectivity index (χ0n) is 7.18. The van der Waals surface area contributed by atoms with Crippen molar-refractivity contribution in [2.75, 3.05) is 13.1 Å². The van der Waals surface area contributed by atoms with Crippen LogP contribution in [-0.4, -0.2) is 24.2 Å². The molecule has 0 aromatic heterocycles. The molecule has 0 spiro atoms. The molecule has 1 saturated carbocycles. The summed E-state index contributed by atoms with van der Waals surface area (Å²) in [6.07, 6.45) is 4.27. The van der Waals surface area contributed by atoms with E-state index in [0.717, 1.165) is 25.8 Å². The first-order valence-corrected chi connectivity index (χ1v) is 4.70. The van der Waals surface area contributed by atoms with Gasteiger partial charge in [0.1, 0.15) is 0 Å². The Bertz CT molecular complexity index is 205. The SMILES string of the molecule is O=C(O)[C@@]12CCCC[C@@H]1CNC2. The van der Waals surface area contributed by atoms with Crippen molar-refractivity contribution in [3.05, 3.63) is 0 Å². The van der Waals surface area contributed by atoms with Gasteiger partial charge in [0.15, 0.2) is 0 Å². The Kier molecular flexibility index (Phi) is 1.83. The molecule has 0 radical (unpaired) electrons. The molecule has 3 heteroatoms. The van der Waals surface area contributed by atoms with Crippen LogP contribution in [0.25, 0.3) is 0 Å². The lowest BCUT2D eigenvalue weighted by Gasteiger charge is -2.34. The monoisotopic (exact) mass is 169 g/mol. The van der Waals surface area contributed by atoms with E-state index in [-0.39, 0.29) is 0 Å². The van der Waals surface area contributed by atoms with Gasteiger partial charge in [-0.1, -0.05) is 12.8 Å². The minimum atomic E-state index is -0.586. The van der Waals surface area contributed by atoms with Crippen LogP contribution in [0.2, 0.25) is 0 Å². The Hall–Kier alpha value is -0.570. The lowest BCUT2D eigenvalue weighted by Crippen LogP contribution is -2.40. The van der Waals surface area contributed by atoms with Gasteiger partial charge in [0, 0.05) is 6.54 Å². The number of fused-ring (bicyclic) bond motifs is 1. The first-order valence-electron chi connectivity index (χ1n) is 4.70. The van der Waals surface area contributed by atoms with Gasteiger partial charge in [-0.05, 0) is 25.3 Å². The third-order valence-corrected chi connectivity index (χ3v) is 3.46. The van der Waals surface area contributed by atoms with Crippen molar-refractivity contribution in [1.82, 2.24) is 5.32 Å². The van der Waals surface area contributed by atoms with E-state index in [9.17, 15) is 4.79 Å². The Morgan fingerprint density at radius 2 is 2.33 bits per heavy atom. The maximum absolute atomic E-state index is 11.1. The molecule has 2 N–H and O–H groups in total. The van der Waals surface area contributed by atoms with Crippen LogP contribution >= 0.6 is 0 Å². The Morgan fingerprint density at radius 3 is 3.00 bits per heavy atom. The van der Waals surface area contributed by atoms with E-state index in [4.69, 9.17) is 5.11 Å². The lowest BCUT2D eigenvalue weighted by molar-refractivity contribution is -0.152. The van der Waals surface area contributed by atoms with Gasteiger partial charge < -0.3 is 10.4 Å². The van der Waals surface area contributed by atoms with Crippen LogP contribution in [0, 0.1) is 11.3 Å². The van der Waals surface area contributed by atoms with Gasteiger partial charge in [0.25, 0.3) is 0 Å². The van der Waals surface area contributed by atoms with Crippen molar-refractivity contribution >= 4 is 5.97 Å². The maximum Gasteiger partial charge on any atom is 0.311 e. The summed E-state index contributed by atoms with van der Waals surface area (Å²) in [4.78, 5) is 11.1. The molecule has 2 rings (SSSR count). The van der Waals surface area contributed by atoms with E-state index in [2.05, 4.69) is 5.32 Å². The zero-order valence-corrected chi connectivity index (χ0v) is 7.18. The lowest BCUT2D eigenvalue weighted by atomic mass is 9.68. The molecular formula is C9H15NO2. The van der Waals surface area contributed by atoms with Crippen molar-refractivity contribution in [3.8, 4) is 0 Å². The number of hydrogen-bond donors (Lipinski definition) is 2. The summed E-state index contributed by atoms with van der Waals surface area (Å²) in [7, 11) is 0. The van der Waals surface area contributed by atoms with Gasteiger partial charge in [-0.3, -0.25) is 4.79 Å². The van der Waals surface area contributed by atoms with Crippen LogP contribution in [0.15, 0.2) is 0 Å². The second-order valence-corrected chi connectivity index (χ2v) is 4.03. The summed E-state index contributed by atoms with van der Waals surface area (Å²) < 4.78 is 0. The molecule has 1 aliphatic heterocycles. The number of nitrogens with one attached hydrogen (secondary N) is 1. The molecule has 2 fully saturated rings. The normalized spacial score (nSPS) is 40.8. The number of hydrogen-bond acceptors (Lipinski definition) is 2. The van der Waals surface area contributed by atoms with Crippen LogP contribution in [0.1, 0.15) is 25.7 Å². The third kappa shape index (κ3) is 0.959. The number of aliphatic carboxylic acids is 1. The molecule has 2 atom stereocenters. The van der Waals surface area contributed by atoms with Crippen molar-refractivity contribution < 1.29 is 9.90 Å². The molecule has 1 aliphatic carbocycles. The topological polar surface area (TPSA) is 49.3 Å². The molecule has 0 unspecified atom stereocenters. The summed E-state index contributed by atoms with van der Waals surface area (Å²) in [5.74, 6) is -0.194. The molecule has 2 aliphatic rings. The highest BCUT2D eigenvalue weighted by molar-refractivity contribution is 5.76. The number of carbonyl (C=O) groups is 1. The van der Waals surface area contributed by atoms with Crippen molar-refractivity contribution in [3.63, 3.8) is 0 Å². The molecule has 3 nitrogen and oxygen atoms in total. The van der Waals surface area contributed by atoms with E-state index in [1.165, 1.54) is 6.42 Å². The zero-order chi connectivity index (χ0) is 8.60. The van der Waals surface area contributed by atoms with Gasteiger partial charge in [0.2, 0.25) is 0 Å². The summed E-state index contributed by atoms with van der Waals surface area (Å²) in [6, 6.07) is 0. The van der Waals surface area contributed by atoms with Crippen LogP contribution in [-0.2, 0) is 4.79 Å². The van der Waals surface area contributed by atoms with E-state index in [1.54, 1.807) is 0 Å². The summed E-state index contributed by atoms with van der Waals surface area (Å²) in [6.45, 7) is 1.60. The Balaban J connectivity index is 2.23. The Labute approximate surface area is 72.2 Å². The minimum absolute atomic E-state index is 0.392. The van der Waals surface area contributed by atoms with E-state index in [1.807, 2.05) is 0 Å². The van der Waals surface area contributed by atoms with Gasteiger partial charge in [-0.2, -0.15) is 0 Å². The van der Waals surface area contributed by atoms with E-state index < -0.39 is 11.4 Å². The highest BCUT2D eigenvalue weighted by atomic mass is 16.4. The summed E-state index contributed by atoms with van der Waals surface area (Å²) in [5, 5.41) is 12.4. The largest absolute Gasteiger partial charge is 0.481 e. The fourth-order valence-electron chi connectivity index (χ4n) is 2.67. The van der Waals surface area contributed by atoms with Crippen molar-refractivity contribution in [2.45, 2.75) is 25.7 Å². The van der Waals surface area contributed by atoms with Crippen molar-refractivity contribution in [2.24, 2.45) is 11.3 Å². The molecule has 0 amide bonds. The molecule has 0 aromatic carbocycles. The van der Waals surface area contributed by atoms with E-state index >= 15 is 0 Å². The molecule has 12 heavy (non-hydrogen) atoms. The second kappa shape index (κ2) is 2.73. The summed E-state index contributed by atoms with van der Waals surface area (Å²) >= 11 is 0. The average Bonchev–Trinajstić information content (AvgIpc) is 2.48. The van der Waals surface area contributed by atoms with Crippen LogP contribution in [0.4, 0.5) is 0 Å². The van der Waals surface area contributed by atoms with Gasteiger partial charge in [-0.15, -0.1) is 0 Å². The molecule has 0 bridgehead atoms. The molecule has 68 valence electrons. The second-order valence-electron chi connectivity index (χ2n) is 4.03. The van der Waals surface area contributed by atoms with Gasteiger partial charge in [-0.25, -0.2) is 0 Å². The van der Waals surface area contributed by atoms with Crippen LogP contribution in [0.3, 0.4) is 0 Å². The first-order chi connectivity index (χ1) is 5.76. The highest BCUT2D eigenvalue weighted by Gasteiger charge is 2.49. The first kappa shape index (κ1) is 8.05. The molecule has 0 aromatic rings. The predicted octanol–water partition coefficient (Wildman–Crippen LogP) is 0.851. The molecular weight excluding hydrogens is 154 g/mol. The number of carboxylic acids is 1. The fraction of sp³-hybridized carbons (Fsp3) is 0.889. The van der Waals surface area contributed by atoms with E-state index in [0.29, 0.717) is 12.5 Å². The fourth-order valence-corrected chi connectivity index (χ4v) is 2.67. The van der Waals surface area contributed by atoms with Crippen LogP contribution < -0.4 is 5.32 Å². The smallest absolute Gasteiger partial charge is 0.311 e. The maximum atomic E-state index is 11.1. The molecule has 1 heterocycles. The highest BCUT2D eigenvalue weighted by Crippen LogP contribution is 2.43. The quantitative estimate of drug-likeness (QED) is 0.612. The predicted molar refractivity (Wildman–Crippen MR) is 44.9 cm³/mol. The molecule has 1 saturated heterocycles. The summed E-state index contributed by atoms with van der Waals surface area (Å²) in [5.41, 5.74) is -0.405. The van der Waals surface area contributed by atoms with Crippen LogP contribution in [0.5, 0.6) is 0 Å². The van der Waals surface area contributed by atoms with Gasteiger partial charge in [0.05, 0.1) is 5.41 Å². The average molecular weight is 169 g/mol.